The van der Waals surface area contributed by atoms with Crippen molar-refractivity contribution in [1.29, 1.82) is 0 Å². The summed E-state index contributed by atoms with van der Waals surface area (Å²) in [6.07, 6.45) is 2.66. The molecule has 0 radical (unpaired) electrons. The molecule has 0 bridgehead atoms. The Bertz CT molecular complexity index is 578. The first-order chi connectivity index (χ1) is 10.3. The van der Waals surface area contributed by atoms with Crippen molar-refractivity contribution in [3.05, 3.63) is 46.2 Å². The minimum atomic E-state index is 0.615. The van der Waals surface area contributed by atoms with Crippen molar-refractivity contribution in [2.45, 2.75) is 39.0 Å². The van der Waals surface area contributed by atoms with Gasteiger partial charge in [0.05, 0.1) is 6.61 Å². The molecule has 4 heteroatoms. The minimum absolute atomic E-state index is 0.615. The van der Waals surface area contributed by atoms with Crippen molar-refractivity contribution in [3.8, 4) is 11.5 Å². The van der Waals surface area contributed by atoms with E-state index in [1.807, 2.05) is 42.5 Å². The van der Waals surface area contributed by atoms with Gasteiger partial charge < -0.3 is 14.8 Å². The molecule has 21 heavy (non-hydrogen) atoms. The summed E-state index contributed by atoms with van der Waals surface area (Å²) >= 11 is 1.82. The third-order valence-electron chi connectivity index (χ3n) is 3.36. The van der Waals surface area contributed by atoms with Crippen LogP contribution in [0.2, 0.25) is 0 Å². The molecule has 112 valence electrons. The predicted molar refractivity (Wildman–Crippen MR) is 86.1 cm³/mol. The van der Waals surface area contributed by atoms with Crippen LogP contribution >= 0.6 is 11.3 Å². The molecule has 1 aliphatic carbocycles. The number of thiophene rings is 1. The number of benzene rings is 1. The first-order valence-electron chi connectivity index (χ1n) is 7.50. The van der Waals surface area contributed by atoms with Gasteiger partial charge in [-0.25, -0.2) is 0 Å². The Labute approximate surface area is 129 Å². The van der Waals surface area contributed by atoms with E-state index in [0.717, 1.165) is 24.1 Å². The van der Waals surface area contributed by atoms with Crippen molar-refractivity contribution < 1.29 is 9.47 Å². The van der Waals surface area contributed by atoms with Gasteiger partial charge in [-0.05, 0) is 44.0 Å². The van der Waals surface area contributed by atoms with Crippen molar-refractivity contribution in [2.24, 2.45) is 0 Å². The van der Waals surface area contributed by atoms with Crippen LogP contribution in [-0.2, 0) is 13.2 Å². The van der Waals surface area contributed by atoms with Crippen LogP contribution in [-0.4, -0.2) is 12.6 Å². The molecular formula is C17H21NO2S. The molecule has 1 N–H and O–H groups in total. The number of nitrogens with one attached hydrogen (secondary N) is 1. The van der Waals surface area contributed by atoms with E-state index < -0.39 is 0 Å². The van der Waals surface area contributed by atoms with Gasteiger partial charge in [0, 0.05) is 28.4 Å². The highest BCUT2D eigenvalue weighted by Gasteiger charge is 2.20. The van der Waals surface area contributed by atoms with Crippen LogP contribution in [0.15, 0.2) is 36.4 Å². The van der Waals surface area contributed by atoms with Gasteiger partial charge in [0.1, 0.15) is 18.1 Å². The van der Waals surface area contributed by atoms with E-state index in [1.54, 1.807) is 0 Å². The van der Waals surface area contributed by atoms with Gasteiger partial charge in [-0.15, -0.1) is 11.3 Å². The van der Waals surface area contributed by atoms with Crippen LogP contribution < -0.4 is 14.8 Å². The van der Waals surface area contributed by atoms with Crippen molar-refractivity contribution in [1.82, 2.24) is 5.32 Å². The minimum Gasteiger partial charge on any atom is -0.494 e. The second-order valence-electron chi connectivity index (χ2n) is 5.22. The van der Waals surface area contributed by atoms with Gasteiger partial charge in [-0.2, -0.15) is 0 Å². The summed E-state index contributed by atoms with van der Waals surface area (Å²) in [5, 5.41) is 3.53. The molecule has 0 saturated heterocycles. The first-order valence-corrected chi connectivity index (χ1v) is 8.32. The molecular weight excluding hydrogens is 282 g/mol. The lowest BCUT2D eigenvalue weighted by Gasteiger charge is -2.07. The zero-order valence-electron chi connectivity index (χ0n) is 12.3. The molecule has 1 aromatic heterocycles. The van der Waals surface area contributed by atoms with Gasteiger partial charge in [0.15, 0.2) is 0 Å². The van der Waals surface area contributed by atoms with Gasteiger partial charge in [0.2, 0.25) is 0 Å². The number of rotatable bonds is 8. The number of hydrogen-bond acceptors (Lipinski definition) is 4. The number of ether oxygens (including phenoxy) is 2. The van der Waals surface area contributed by atoms with E-state index in [2.05, 4.69) is 17.4 Å². The fourth-order valence-electron chi connectivity index (χ4n) is 2.10. The lowest BCUT2D eigenvalue weighted by molar-refractivity contribution is 0.302. The SMILES string of the molecule is CCOc1cccc(OCc2ccc(CNC3CC3)s2)c1. The summed E-state index contributed by atoms with van der Waals surface area (Å²) in [4.78, 5) is 2.63. The monoisotopic (exact) mass is 303 g/mol. The normalized spacial score (nSPS) is 14.1. The summed E-state index contributed by atoms with van der Waals surface area (Å²) in [6.45, 7) is 4.25. The smallest absolute Gasteiger partial charge is 0.123 e. The van der Waals surface area contributed by atoms with Crippen LogP contribution in [0, 0.1) is 0 Å². The zero-order valence-corrected chi connectivity index (χ0v) is 13.1. The highest BCUT2D eigenvalue weighted by atomic mass is 32.1. The molecule has 3 rings (SSSR count). The highest BCUT2D eigenvalue weighted by Crippen LogP contribution is 2.24. The third-order valence-corrected chi connectivity index (χ3v) is 4.42. The fourth-order valence-corrected chi connectivity index (χ4v) is 2.98. The maximum absolute atomic E-state index is 5.84. The molecule has 0 unspecified atom stereocenters. The lowest BCUT2D eigenvalue weighted by atomic mass is 10.3. The molecule has 1 heterocycles. The standard InChI is InChI=1S/C17H21NO2S/c1-2-19-14-4-3-5-15(10-14)20-12-17-9-8-16(21-17)11-18-13-6-7-13/h3-5,8-10,13,18H,2,6-7,11-12H2,1H3. The van der Waals surface area contributed by atoms with E-state index in [1.165, 1.54) is 22.6 Å². The van der Waals surface area contributed by atoms with E-state index in [-0.39, 0.29) is 0 Å². The largest absolute Gasteiger partial charge is 0.494 e. The van der Waals surface area contributed by atoms with Gasteiger partial charge >= 0.3 is 0 Å². The topological polar surface area (TPSA) is 30.5 Å². The average Bonchev–Trinajstić information content (AvgIpc) is 3.22. The second kappa shape index (κ2) is 6.96. The molecule has 0 atom stereocenters. The summed E-state index contributed by atoms with van der Waals surface area (Å²) in [6, 6.07) is 12.9. The highest BCUT2D eigenvalue weighted by molar-refractivity contribution is 7.11. The summed E-state index contributed by atoms with van der Waals surface area (Å²) in [5.74, 6) is 1.71. The maximum atomic E-state index is 5.84. The summed E-state index contributed by atoms with van der Waals surface area (Å²) in [5.41, 5.74) is 0. The quantitative estimate of drug-likeness (QED) is 0.800. The third kappa shape index (κ3) is 4.48. The molecule has 1 saturated carbocycles. The van der Waals surface area contributed by atoms with Gasteiger partial charge in [-0.1, -0.05) is 6.07 Å². The molecule has 0 spiro atoms. The molecule has 3 nitrogen and oxygen atoms in total. The first kappa shape index (κ1) is 14.4. The van der Waals surface area contributed by atoms with Crippen molar-refractivity contribution >= 4 is 11.3 Å². The van der Waals surface area contributed by atoms with Crippen LogP contribution in [0.5, 0.6) is 11.5 Å². The lowest BCUT2D eigenvalue weighted by Crippen LogP contribution is -2.14. The molecule has 1 aliphatic rings. The molecule has 1 aromatic carbocycles. The Morgan fingerprint density at radius 1 is 1.10 bits per heavy atom. The molecule has 0 aliphatic heterocycles. The summed E-state index contributed by atoms with van der Waals surface area (Å²) in [7, 11) is 0. The Morgan fingerprint density at radius 3 is 2.62 bits per heavy atom. The Morgan fingerprint density at radius 2 is 1.86 bits per heavy atom. The van der Waals surface area contributed by atoms with Crippen LogP contribution in [0.25, 0.3) is 0 Å². The van der Waals surface area contributed by atoms with E-state index in [0.29, 0.717) is 13.2 Å². The van der Waals surface area contributed by atoms with Gasteiger partial charge in [0.25, 0.3) is 0 Å². The molecule has 1 fully saturated rings. The predicted octanol–water partition coefficient (Wildman–Crippen LogP) is 3.98. The Kier molecular flexibility index (Phi) is 4.78. The van der Waals surface area contributed by atoms with E-state index >= 15 is 0 Å². The van der Waals surface area contributed by atoms with Crippen molar-refractivity contribution in [2.75, 3.05) is 6.61 Å². The van der Waals surface area contributed by atoms with Gasteiger partial charge in [-0.3, -0.25) is 0 Å². The summed E-state index contributed by atoms with van der Waals surface area (Å²) < 4.78 is 11.3. The molecule has 0 amide bonds. The van der Waals surface area contributed by atoms with Crippen LogP contribution in [0.1, 0.15) is 29.5 Å². The second-order valence-corrected chi connectivity index (χ2v) is 6.47. The van der Waals surface area contributed by atoms with Crippen LogP contribution in [0.3, 0.4) is 0 Å². The molecule has 2 aromatic rings. The Balaban J connectivity index is 1.50. The van der Waals surface area contributed by atoms with Crippen LogP contribution in [0.4, 0.5) is 0 Å². The zero-order chi connectivity index (χ0) is 14.5. The number of hydrogen-bond donors (Lipinski definition) is 1. The Hall–Kier alpha value is -1.52. The average molecular weight is 303 g/mol. The maximum Gasteiger partial charge on any atom is 0.123 e. The van der Waals surface area contributed by atoms with E-state index in [4.69, 9.17) is 9.47 Å². The fraction of sp³-hybridized carbons (Fsp3) is 0.412. The van der Waals surface area contributed by atoms with E-state index in [9.17, 15) is 0 Å². The van der Waals surface area contributed by atoms with Crippen molar-refractivity contribution in [3.63, 3.8) is 0 Å².